The fourth-order valence-corrected chi connectivity index (χ4v) is 5.83. The van der Waals surface area contributed by atoms with Gasteiger partial charge in [-0.15, -0.1) is 0 Å². The van der Waals surface area contributed by atoms with E-state index in [4.69, 9.17) is 10.00 Å². The van der Waals surface area contributed by atoms with Crippen LogP contribution in [0.5, 0.6) is 5.75 Å². The lowest BCUT2D eigenvalue weighted by Crippen LogP contribution is -2.44. The van der Waals surface area contributed by atoms with Crippen LogP contribution in [0.25, 0.3) is 0 Å². The van der Waals surface area contributed by atoms with Crippen molar-refractivity contribution < 1.29 is 14.3 Å². The molecule has 0 atom stereocenters. The van der Waals surface area contributed by atoms with Gasteiger partial charge in [0.05, 0.1) is 24.3 Å². The van der Waals surface area contributed by atoms with Crippen molar-refractivity contribution in [3.05, 3.63) is 89.1 Å². The molecule has 3 heterocycles. The molecular weight excluding hydrogens is 488 g/mol. The Morgan fingerprint density at radius 2 is 1.64 bits per heavy atom. The second kappa shape index (κ2) is 12.3. The molecule has 39 heavy (non-hydrogen) atoms. The highest BCUT2D eigenvalue weighted by molar-refractivity contribution is 5.99. The maximum absolute atomic E-state index is 13.4. The van der Waals surface area contributed by atoms with Crippen LogP contribution >= 0.6 is 0 Å². The molecule has 2 fully saturated rings. The van der Waals surface area contributed by atoms with Gasteiger partial charge in [0.1, 0.15) is 5.75 Å². The predicted molar refractivity (Wildman–Crippen MR) is 150 cm³/mol. The van der Waals surface area contributed by atoms with E-state index in [1.807, 2.05) is 59.5 Å². The van der Waals surface area contributed by atoms with Crippen molar-refractivity contribution >= 4 is 11.7 Å². The van der Waals surface area contributed by atoms with Gasteiger partial charge in [-0.3, -0.25) is 14.5 Å². The van der Waals surface area contributed by atoms with Gasteiger partial charge in [-0.2, -0.15) is 5.26 Å². The van der Waals surface area contributed by atoms with E-state index in [1.165, 1.54) is 5.56 Å². The van der Waals surface area contributed by atoms with E-state index in [0.29, 0.717) is 43.1 Å². The van der Waals surface area contributed by atoms with Crippen molar-refractivity contribution in [3.8, 4) is 11.8 Å². The maximum Gasteiger partial charge on any atom is 0.255 e. The van der Waals surface area contributed by atoms with Crippen molar-refractivity contribution in [2.75, 3.05) is 39.8 Å². The molecule has 7 heteroatoms. The monoisotopic (exact) mass is 524 g/mol. The molecule has 0 N–H and O–H groups in total. The Morgan fingerprint density at radius 3 is 2.28 bits per heavy atom. The molecule has 2 saturated heterocycles. The normalized spacial score (nSPS) is 18.9. The second-order valence-corrected chi connectivity index (χ2v) is 10.7. The van der Waals surface area contributed by atoms with Crippen molar-refractivity contribution in [1.29, 1.82) is 5.26 Å². The Morgan fingerprint density at radius 1 is 0.949 bits per heavy atom. The fraction of sp³-hybridized carbons (Fsp3) is 0.406. The Kier molecular flexibility index (Phi) is 8.43. The second-order valence-electron chi connectivity index (χ2n) is 10.7. The minimum atomic E-state index is -0.0516. The molecule has 0 bridgehead atoms. The van der Waals surface area contributed by atoms with Gasteiger partial charge < -0.3 is 14.5 Å². The molecule has 0 unspecified atom stereocenters. The van der Waals surface area contributed by atoms with E-state index >= 15 is 0 Å². The summed E-state index contributed by atoms with van der Waals surface area (Å²) in [5, 5.41) is 9.00. The number of ether oxygens (including phenoxy) is 1. The van der Waals surface area contributed by atoms with Crippen LogP contribution in [0.2, 0.25) is 0 Å². The van der Waals surface area contributed by atoms with E-state index in [9.17, 15) is 9.59 Å². The van der Waals surface area contributed by atoms with Crippen molar-refractivity contribution in [3.63, 3.8) is 0 Å². The first-order chi connectivity index (χ1) is 19.0. The summed E-state index contributed by atoms with van der Waals surface area (Å²) in [4.78, 5) is 33.0. The molecule has 2 aromatic rings. The van der Waals surface area contributed by atoms with Crippen molar-refractivity contribution in [2.45, 2.75) is 38.3 Å². The molecule has 2 aromatic carbocycles. The summed E-state index contributed by atoms with van der Waals surface area (Å²) in [7, 11) is 1.61. The molecule has 7 nitrogen and oxygen atoms in total. The molecule has 0 radical (unpaired) electrons. The Hall–Kier alpha value is -3.89. The number of Topliss-reactive ketones (excluding diaryl/α,β-unsaturated/α-hetero) is 1. The summed E-state index contributed by atoms with van der Waals surface area (Å²) in [6, 6.07) is 17.7. The van der Waals surface area contributed by atoms with Gasteiger partial charge in [0, 0.05) is 63.0 Å². The number of nitriles is 1. The van der Waals surface area contributed by atoms with Crippen molar-refractivity contribution in [2.24, 2.45) is 5.92 Å². The Balaban J connectivity index is 1.11. The van der Waals surface area contributed by atoms with Gasteiger partial charge in [-0.1, -0.05) is 24.3 Å². The number of carbonyl (C=O) groups is 2. The number of nitrogens with zero attached hydrogens (tertiary/aromatic N) is 4. The smallest absolute Gasteiger partial charge is 0.255 e. The first kappa shape index (κ1) is 26.7. The van der Waals surface area contributed by atoms with Gasteiger partial charge in [0.25, 0.3) is 5.91 Å². The third-order valence-electron chi connectivity index (χ3n) is 8.21. The molecule has 3 aliphatic rings. The van der Waals surface area contributed by atoms with Gasteiger partial charge in [-0.05, 0) is 67.6 Å². The number of ketones is 1. The zero-order chi connectivity index (χ0) is 27.2. The number of methoxy groups -OCH3 is 1. The number of carbonyl (C=O) groups excluding carboxylic acids is 2. The molecule has 0 saturated carbocycles. The molecule has 5 rings (SSSR count). The zero-order valence-electron chi connectivity index (χ0n) is 22.6. The number of hydrogen-bond acceptors (Lipinski definition) is 6. The van der Waals surface area contributed by atoms with Crippen LogP contribution in [0.3, 0.4) is 0 Å². The number of likely N-dealkylation sites (tertiary alicyclic amines) is 2. The molecule has 202 valence electrons. The van der Waals surface area contributed by atoms with Crippen LogP contribution in [0, 0.1) is 17.2 Å². The first-order valence-electron chi connectivity index (χ1n) is 13.9. The summed E-state index contributed by atoms with van der Waals surface area (Å²) in [6.45, 7) is 4.95. The standard InChI is InChI=1S/C32H36N4O3/c1-39-30-10-8-26(9-11-30)31(37)27-12-19-35(20-13-27)32(38)28-3-2-16-36(23-28)29-14-17-34(18-15-29)22-25-6-4-24(21-33)5-7-25/h2-11,23,27,29H,12-20,22H2,1H3. The summed E-state index contributed by atoms with van der Waals surface area (Å²) in [5.41, 5.74) is 3.37. The molecule has 0 spiro atoms. The van der Waals surface area contributed by atoms with Crippen LogP contribution in [0.15, 0.2) is 72.5 Å². The van der Waals surface area contributed by atoms with E-state index in [2.05, 4.69) is 28.1 Å². The van der Waals surface area contributed by atoms with Gasteiger partial charge >= 0.3 is 0 Å². The van der Waals surface area contributed by atoms with E-state index in [1.54, 1.807) is 7.11 Å². The zero-order valence-corrected chi connectivity index (χ0v) is 22.6. The van der Waals surface area contributed by atoms with E-state index in [-0.39, 0.29) is 17.6 Å². The molecule has 0 aliphatic carbocycles. The summed E-state index contributed by atoms with van der Waals surface area (Å²) < 4.78 is 5.19. The van der Waals surface area contributed by atoms with Gasteiger partial charge in [-0.25, -0.2) is 0 Å². The largest absolute Gasteiger partial charge is 0.497 e. The number of piperidine rings is 2. The Bertz CT molecular complexity index is 1260. The maximum atomic E-state index is 13.4. The third kappa shape index (κ3) is 6.40. The predicted octanol–water partition coefficient (Wildman–Crippen LogP) is 4.41. The van der Waals surface area contributed by atoms with Crippen LogP contribution in [0.4, 0.5) is 0 Å². The highest BCUT2D eigenvalue weighted by Crippen LogP contribution is 2.26. The van der Waals surface area contributed by atoms with Gasteiger partial charge in [0.15, 0.2) is 5.78 Å². The number of amides is 1. The molecule has 0 aromatic heterocycles. The number of benzene rings is 2. The Labute approximate surface area is 230 Å². The average molecular weight is 525 g/mol. The fourth-order valence-electron chi connectivity index (χ4n) is 5.83. The summed E-state index contributed by atoms with van der Waals surface area (Å²) in [5.74, 6) is 0.899. The highest BCUT2D eigenvalue weighted by atomic mass is 16.5. The van der Waals surface area contributed by atoms with Crippen molar-refractivity contribution in [1.82, 2.24) is 14.7 Å². The molecule has 1 amide bonds. The van der Waals surface area contributed by atoms with Gasteiger partial charge in [0.2, 0.25) is 0 Å². The lowest BCUT2D eigenvalue weighted by atomic mass is 9.88. The van der Waals surface area contributed by atoms with E-state index < -0.39 is 0 Å². The summed E-state index contributed by atoms with van der Waals surface area (Å²) in [6.07, 6.45) is 9.59. The minimum absolute atomic E-state index is 0.0516. The van der Waals surface area contributed by atoms with Crippen LogP contribution < -0.4 is 4.74 Å². The first-order valence-corrected chi connectivity index (χ1v) is 13.9. The van der Waals surface area contributed by atoms with Crippen LogP contribution in [-0.4, -0.2) is 72.3 Å². The third-order valence-corrected chi connectivity index (χ3v) is 8.21. The van der Waals surface area contributed by atoms with Crippen LogP contribution in [0.1, 0.15) is 47.2 Å². The lowest BCUT2D eigenvalue weighted by Gasteiger charge is -2.39. The molecular formula is C32H36N4O3. The highest BCUT2D eigenvalue weighted by Gasteiger charge is 2.30. The molecule has 3 aliphatic heterocycles. The summed E-state index contributed by atoms with van der Waals surface area (Å²) >= 11 is 0. The average Bonchev–Trinajstić information content (AvgIpc) is 3.01. The minimum Gasteiger partial charge on any atom is -0.497 e. The number of hydrogen-bond donors (Lipinski definition) is 0. The number of rotatable bonds is 7. The van der Waals surface area contributed by atoms with E-state index in [0.717, 1.165) is 50.3 Å². The quantitative estimate of drug-likeness (QED) is 0.500. The SMILES string of the molecule is COc1ccc(C(=O)C2CCN(C(=O)C3=CN(C4CCN(Cc5ccc(C#N)cc5)CC4)CC=C3)CC2)cc1. The van der Waals surface area contributed by atoms with Crippen LogP contribution in [-0.2, 0) is 11.3 Å². The topological polar surface area (TPSA) is 76.9 Å². The lowest BCUT2D eigenvalue weighted by molar-refractivity contribution is -0.128.